The summed E-state index contributed by atoms with van der Waals surface area (Å²) in [7, 11) is 0. The van der Waals surface area contributed by atoms with Crippen LogP contribution >= 0.6 is 15.9 Å². The minimum atomic E-state index is -4.56. The van der Waals surface area contributed by atoms with Gasteiger partial charge >= 0.3 is 6.18 Å². The van der Waals surface area contributed by atoms with Gasteiger partial charge in [0, 0.05) is 0 Å². The maximum absolute atomic E-state index is 13.2. The standard InChI is InChI=1S/C12H7BrF4N2/c13-11-4-8(6-18-19-11)1-7-2-9(12(15,16)17)5-10(14)3-7/h2-6H,1H2. The average Bonchev–Trinajstić information content (AvgIpc) is 2.26. The molecule has 0 aliphatic carbocycles. The van der Waals surface area contributed by atoms with Crippen molar-refractivity contribution in [3.8, 4) is 0 Å². The molecule has 0 spiro atoms. The van der Waals surface area contributed by atoms with E-state index in [2.05, 4.69) is 26.1 Å². The lowest BCUT2D eigenvalue weighted by Crippen LogP contribution is -2.06. The first-order chi connectivity index (χ1) is 8.84. The molecule has 0 atom stereocenters. The summed E-state index contributed by atoms with van der Waals surface area (Å²) in [6.07, 6.45) is -2.99. The van der Waals surface area contributed by atoms with Gasteiger partial charge in [-0.1, -0.05) is 0 Å². The topological polar surface area (TPSA) is 25.8 Å². The fourth-order valence-electron chi connectivity index (χ4n) is 1.63. The third-order valence-electron chi connectivity index (χ3n) is 2.37. The van der Waals surface area contributed by atoms with E-state index in [1.54, 1.807) is 6.07 Å². The molecule has 100 valence electrons. The molecule has 2 aromatic rings. The van der Waals surface area contributed by atoms with Crippen LogP contribution < -0.4 is 0 Å². The Labute approximate surface area is 114 Å². The first-order valence-corrected chi connectivity index (χ1v) is 5.97. The van der Waals surface area contributed by atoms with Crippen LogP contribution in [-0.4, -0.2) is 10.2 Å². The lowest BCUT2D eigenvalue weighted by atomic mass is 10.0. The highest BCUT2D eigenvalue weighted by Crippen LogP contribution is 2.30. The Balaban J connectivity index is 2.33. The summed E-state index contributed by atoms with van der Waals surface area (Å²) in [4.78, 5) is 0. The number of nitrogens with zero attached hydrogens (tertiary/aromatic N) is 2. The van der Waals surface area contributed by atoms with Crippen molar-refractivity contribution in [2.24, 2.45) is 0 Å². The number of rotatable bonds is 2. The van der Waals surface area contributed by atoms with E-state index in [9.17, 15) is 17.6 Å². The number of hydrogen-bond donors (Lipinski definition) is 0. The highest BCUT2D eigenvalue weighted by molar-refractivity contribution is 9.10. The molecule has 0 fully saturated rings. The van der Waals surface area contributed by atoms with E-state index in [0.717, 1.165) is 12.1 Å². The second-order valence-corrected chi connectivity index (χ2v) is 4.72. The quantitative estimate of drug-likeness (QED) is 0.776. The SMILES string of the molecule is Fc1cc(Cc2cnnc(Br)c2)cc(C(F)(F)F)c1. The summed E-state index contributed by atoms with van der Waals surface area (Å²) in [5.41, 5.74) is -0.128. The van der Waals surface area contributed by atoms with Crippen molar-refractivity contribution in [1.29, 1.82) is 0 Å². The lowest BCUT2D eigenvalue weighted by Gasteiger charge is -2.09. The molecule has 0 amide bonds. The van der Waals surface area contributed by atoms with Crippen LogP contribution in [0.15, 0.2) is 35.1 Å². The van der Waals surface area contributed by atoms with Gasteiger partial charge in [0.25, 0.3) is 0 Å². The molecule has 0 bridgehead atoms. The molecule has 2 nitrogen and oxygen atoms in total. The van der Waals surface area contributed by atoms with E-state index in [4.69, 9.17) is 0 Å². The third-order valence-corrected chi connectivity index (χ3v) is 2.76. The van der Waals surface area contributed by atoms with Crippen molar-refractivity contribution < 1.29 is 17.6 Å². The number of halogens is 5. The molecule has 2 rings (SSSR count). The van der Waals surface area contributed by atoms with Gasteiger partial charge in [-0.15, -0.1) is 5.10 Å². The van der Waals surface area contributed by atoms with Crippen LogP contribution in [0.3, 0.4) is 0 Å². The highest BCUT2D eigenvalue weighted by atomic mass is 79.9. The highest BCUT2D eigenvalue weighted by Gasteiger charge is 2.31. The molecule has 0 aliphatic rings. The van der Waals surface area contributed by atoms with Crippen LogP contribution in [0.1, 0.15) is 16.7 Å². The predicted octanol–water partition coefficient (Wildman–Crippen LogP) is 3.99. The number of benzene rings is 1. The van der Waals surface area contributed by atoms with Crippen molar-refractivity contribution in [2.45, 2.75) is 12.6 Å². The number of alkyl halides is 3. The van der Waals surface area contributed by atoms with Crippen LogP contribution in [0, 0.1) is 5.82 Å². The van der Waals surface area contributed by atoms with E-state index in [1.165, 1.54) is 6.20 Å². The van der Waals surface area contributed by atoms with E-state index in [-0.39, 0.29) is 12.0 Å². The summed E-state index contributed by atoms with van der Waals surface area (Å²) in [5, 5.41) is 7.33. The monoisotopic (exact) mass is 334 g/mol. The van der Waals surface area contributed by atoms with Gasteiger partial charge in [-0.25, -0.2) is 4.39 Å². The van der Waals surface area contributed by atoms with Crippen molar-refractivity contribution in [1.82, 2.24) is 10.2 Å². The summed E-state index contributed by atoms with van der Waals surface area (Å²) >= 11 is 3.11. The molecule has 7 heteroatoms. The Morgan fingerprint density at radius 1 is 1.05 bits per heavy atom. The normalized spacial score (nSPS) is 11.6. The van der Waals surface area contributed by atoms with E-state index >= 15 is 0 Å². The Hall–Kier alpha value is -1.50. The molecule has 0 radical (unpaired) electrons. The van der Waals surface area contributed by atoms with Crippen molar-refractivity contribution in [3.63, 3.8) is 0 Å². The largest absolute Gasteiger partial charge is 0.416 e. The molecule has 0 unspecified atom stereocenters. The Morgan fingerprint density at radius 3 is 2.42 bits per heavy atom. The minimum absolute atomic E-state index is 0.148. The zero-order chi connectivity index (χ0) is 14.0. The molecule has 0 N–H and O–H groups in total. The second kappa shape index (κ2) is 5.24. The first kappa shape index (κ1) is 13.9. The Bertz CT molecular complexity index is 599. The van der Waals surface area contributed by atoms with Crippen LogP contribution in [0.5, 0.6) is 0 Å². The van der Waals surface area contributed by atoms with Gasteiger partial charge in [-0.3, -0.25) is 0 Å². The zero-order valence-corrected chi connectivity index (χ0v) is 11.0. The van der Waals surface area contributed by atoms with Gasteiger partial charge in [-0.2, -0.15) is 18.3 Å². The molecule has 1 aromatic carbocycles. The Morgan fingerprint density at radius 2 is 1.79 bits per heavy atom. The summed E-state index contributed by atoms with van der Waals surface area (Å²) in [5.74, 6) is -0.911. The number of aromatic nitrogens is 2. The van der Waals surface area contributed by atoms with Gasteiger partial charge in [0.15, 0.2) is 0 Å². The lowest BCUT2D eigenvalue weighted by molar-refractivity contribution is -0.137. The van der Waals surface area contributed by atoms with Gasteiger partial charge in [-0.05, 0) is 57.7 Å². The minimum Gasteiger partial charge on any atom is -0.207 e. The molecular weight excluding hydrogens is 328 g/mol. The molecule has 0 saturated carbocycles. The van der Waals surface area contributed by atoms with Gasteiger partial charge in [0.05, 0.1) is 11.8 Å². The predicted molar refractivity (Wildman–Crippen MR) is 63.9 cm³/mol. The summed E-state index contributed by atoms with van der Waals surface area (Å²) in [6, 6.07) is 4.09. The maximum Gasteiger partial charge on any atom is 0.416 e. The van der Waals surface area contributed by atoms with E-state index < -0.39 is 17.6 Å². The summed E-state index contributed by atoms with van der Waals surface area (Å²) < 4.78 is 51.3. The van der Waals surface area contributed by atoms with E-state index in [1.807, 2.05) is 0 Å². The smallest absolute Gasteiger partial charge is 0.207 e. The summed E-state index contributed by atoms with van der Waals surface area (Å²) in [6.45, 7) is 0. The molecule has 0 saturated heterocycles. The van der Waals surface area contributed by atoms with Crippen LogP contribution in [-0.2, 0) is 12.6 Å². The molecule has 19 heavy (non-hydrogen) atoms. The number of hydrogen-bond acceptors (Lipinski definition) is 2. The molecule has 0 aliphatic heterocycles. The fourth-order valence-corrected chi connectivity index (χ4v) is 2.01. The molecular formula is C12H7BrF4N2. The maximum atomic E-state index is 13.2. The van der Waals surface area contributed by atoms with Crippen LogP contribution in [0.4, 0.5) is 17.6 Å². The van der Waals surface area contributed by atoms with E-state index in [0.29, 0.717) is 16.2 Å². The first-order valence-electron chi connectivity index (χ1n) is 5.18. The van der Waals surface area contributed by atoms with Gasteiger partial charge < -0.3 is 0 Å². The molecule has 1 heterocycles. The van der Waals surface area contributed by atoms with Crippen LogP contribution in [0.25, 0.3) is 0 Å². The fraction of sp³-hybridized carbons (Fsp3) is 0.167. The average molecular weight is 335 g/mol. The zero-order valence-electron chi connectivity index (χ0n) is 9.38. The van der Waals surface area contributed by atoms with Gasteiger partial charge in [0.1, 0.15) is 10.4 Å². The van der Waals surface area contributed by atoms with Crippen molar-refractivity contribution in [2.75, 3.05) is 0 Å². The van der Waals surface area contributed by atoms with Crippen molar-refractivity contribution >= 4 is 15.9 Å². The Kier molecular flexibility index (Phi) is 3.84. The van der Waals surface area contributed by atoms with Crippen LogP contribution in [0.2, 0.25) is 0 Å². The van der Waals surface area contributed by atoms with Gasteiger partial charge in [0.2, 0.25) is 0 Å². The third kappa shape index (κ3) is 3.73. The second-order valence-electron chi connectivity index (χ2n) is 3.91. The van der Waals surface area contributed by atoms with Crippen molar-refractivity contribution in [3.05, 3.63) is 57.6 Å². The molecule has 1 aromatic heterocycles.